The van der Waals surface area contributed by atoms with Gasteiger partial charge in [0.05, 0.1) is 6.61 Å². The molecule has 0 aromatic carbocycles. The fourth-order valence-corrected chi connectivity index (χ4v) is 1.23. The van der Waals surface area contributed by atoms with Crippen molar-refractivity contribution in [3.63, 3.8) is 0 Å². The van der Waals surface area contributed by atoms with Crippen LogP contribution >= 0.6 is 0 Å². The predicted molar refractivity (Wildman–Crippen MR) is 61.8 cm³/mol. The highest BCUT2D eigenvalue weighted by molar-refractivity contribution is 5.88. The minimum absolute atomic E-state index is 0.294. The lowest BCUT2D eigenvalue weighted by Gasteiger charge is -2.16. The molecule has 4 nitrogen and oxygen atoms in total. The average molecular weight is 214 g/mol. The average Bonchev–Trinajstić information content (AvgIpc) is 2.18. The Hall–Kier alpha value is -0.870. The number of nitrogens with one attached hydrogen (secondary N) is 1. The first-order valence-corrected chi connectivity index (χ1v) is 5.29. The van der Waals surface area contributed by atoms with Crippen molar-refractivity contribution in [2.24, 2.45) is 0 Å². The standard InChI is InChI=1S/C11H22N2O2/c1-5-15-11(14)10(2)9-13(4)8-6-7-12-3/h12H,2,5-9H2,1,3-4H3. The van der Waals surface area contributed by atoms with Gasteiger partial charge in [-0.3, -0.25) is 0 Å². The molecule has 0 saturated carbocycles. The fourth-order valence-electron chi connectivity index (χ4n) is 1.23. The summed E-state index contributed by atoms with van der Waals surface area (Å²) in [5.41, 5.74) is 0.517. The number of nitrogens with zero attached hydrogens (tertiary/aromatic N) is 1. The molecule has 4 heteroatoms. The molecule has 0 atom stereocenters. The summed E-state index contributed by atoms with van der Waals surface area (Å²) in [6.45, 7) is 8.41. The molecule has 0 rings (SSSR count). The number of carbonyl (C=O) groups is 1. The number of rotatable bonds is 8. The Balaban J connectivity index is 3.70. The van der Waals surface area contributed by atoms with E-state index >= 15 is 0 Å². The van der Waals surface area contributed by atoms with E-state index < -0.39 is 0 Å². The molecule has 0 aromatic rings. The van der Waals surface area contributed by atoms with Gasteiger partial charge in [0.2, 0.25) is 0 Å². The van der Waals surface area contributed by atoms with Crippen molar-refractivity contribution in [1.82, 2.24) is 10.2 Å². The van der Waals surface area contributed by atoms with Gasteiger partial charge >= 0.3 is 5.97 Å². The lowest BCUT2D eigenvalue weighted by Crippen LogP contribution is -2.27. The van der Waals surface area contributed by atoms with Crippen LogP contribution in [-0.4, -0.2) is 51.2 Å². The Labute approximate surface area is 92.3 Å². The molecular weight excluding hydrogens is 192 g/mol. The van der Waals surface area contributed by atoms with E-state index in [4.69, 9.17) is 4.74 Å². The zero-order valence-electron chi connectivity index (χ0n) is 10.0. The maximum absolute atomic E-state index is 11.2. The van der Waals surface area contributed by atoms with Gasteiger partial charge in [-0.15, -0.1) is 0 Å². The van der Waals surface area contributed by atoms with Crippen molar-refractivity contribution in [3.8, 4) is 0 Å². The molecule has 0 aliphatic rings. The SMILES string of the molecule is C=C(CN(C)CCCNC)C(=O)OCC. The van der Waals surface area contributed by atoms with Crippen molar-refractivity contribution in [2.45, 2.75) is 13.3 Å². The summed E-state index contributed by atoms with van der Waals surface area (Å²) in [6.07, 6.45) is 1.06. The van der Waals surface area contributed by atoms with Crippen LogP contribution in [0.25, 0.3) is 0 Å². The molecule has 0 amide bonds. The van der Waals surface area contributed by atoms with Crippen LogP contribution in [0.15, 0.2) is 12.2 Å². The first-order chi connectivity index (χ1) is 7.11. The molecule has 0 radical (unpaired) electrons. The smallest absolute Gasteiger partial charge is 0.334 e. The molecule has 0 fully saturated rings. The maximum atomic E-state index is 11.2. The molecule has 1 N–H and O–H groups in total. The van der Waals surface area contributed by atoms with Gasteiger partial charge in [0.25, 0.3) is 0 Å². The number of likely N-dealkylation sites (N-methyl/N-ethyl adjacent to an activating group) is 1. The van der Waals surface area contributed by atoms with Crippen LogP contribution < -0.4 is 5.32 Å². The highest BCUT2D eigenvalue weighted by Gasteiger charge is 2.09. The van der Waals surface area contributed by atoms with Crippen molar-refractivity contribution in [2.75, 3.05) is 40.3 Å². The highest BCUT2D eigenvalue weighted by atomic mass is 16.5. The Bertz CT molecular complexity index is 205. The summed E-state index contributed by atoms with van der Waals surface area (Å²) < 4.78 is 4.85. The minimum atomic E-state index is -0.294. The molecule has 0 unspecified atom stereocenters. The van der Waals surface area contributed by atoms with Crippen molar-refractivity contribution < 1.29 is 9.53 Å². The number of hydrogen-bond donors (Lipinski definition) is 1. The second-order valence-corrected chi connectivity index (χ2v) is 3.52. The normalized spacial score (nSPS) is 10.4. The topological polar surface area (TPSA) is 41.6 Å². The van der Waals surface area contributed by atoms with Crippen molar-refractivity contribution >= 4 is 5.97 Å². The summed E-state index contributed by atoms with van der Waals surface area (Å²) in [4.78, 5) is 13.3. The number of hydrogen-bond acceptors (Lipinski definition) is 4. The van der Waals surface area contributed by atoms with Gasteiger partial charge in [-0.05, 0) is 40.5 Å². The Morgan fingerprint density at radius 3 is 2.73 bits per heavy atom. The van der Waals surface area contributed by atoms with E-state index in [0.29, 0.717) is 18.7 Å². The van der Waals surface area contributed by atoms with Gasteiger partial charge in [0, 0.05) is 12.1 Å². The van der Waals surface area contributed by atoms with Crippen LogP contribution in [0.1, 0.15) is 13.3 Å². The molecule has 0 bridgehead atoms. The zero-order valence-corrected chi connectivity index (χ0v) is 10.0. The molecule has 0 aliphatic heterocycles. The Morgan fingerprint density at radius 2 is 2.20 bits per heavy atom. The highest BCUT2D eigenvalue weighted by Crippen LogP contribution is 1.98. The summed E-state index contributed by atoms with van der Waals surface area (Å²) in [5.74, 6) is -0.294. The van der Waals surface area contributed by atoms with E-state index in [1.165, 1.54) is 0 Å². The zero-order chi connectivity index (χ0) is 11.7. The van der Waals surface area contributed by atoms with Crippen LogP contribution in [0, 0.1) is 0 Å². The minimum Gasteiger partial charge on any atom is -0.463 e. The van der Waals surface area contributed by atoms with Crippen LogP contribution in [-0.2, 0) is 9.53 Å². The summed E-state index contributed by atoms with van der Waals surface area (Å²) >= 11 is 0. The third-order valence-electron chi connectivity index (χ3n) is 1.99. The van der Waals surface area contributed by atoms with E-state index in [1.807, 2.05) is 14.1 Å². The van der Waals surface area contributed by atoms with Crippen LogP contribution in [0.4, 0.5) is 0 Å². The monoisotopic (exact) mass is 214 g/mol. The van der Waals surface area contributed by atoms with Crippen molar-refractivity contribution in [3.05, 3.63) is 12.2 Å². The Morgan fingerprint density at radius 1 is 1.53 bits per heavy atom. The number of ether oxygens (including phenoxy) is 1. The first kappa shape index (κ1) is 14.1. The molecule has 0 aliphatic carbocycles. The third-order valence-corrected chi connectivity index (χ3v) is 1.99. The van der Waals surface area contributed by atoms with E-state index in [1.54, 1.807) is 6.92 Å². The number of esters is 1. The summed E-state index contributed by atoms with van der Waals surface area (Å²) in [6, 6.07) is 0. The molecule has 0 saturated heterocycles. The lowest BCUT2D eigenvalue weighted by atomic mass is 10.3. The summed E-state index contributed by atoms with van der Waals surface area (Å²) in [7, 11) is 3.90. The summed E-state index contributed by atoms with van der Waals surface area (Å²) in [5, 5.41) is 3.08. The van der Waals surface area contributed by atoms with E-state index in [2.05, 4.69) is 16.8 Å². The second-order valence-electron chi connectivity index (χ2n) is 3.52. The van der Waals surface area contributed by atoms with E-state index in [9.17, 15) is 4.79 Å². The first-order valence-electron chi connectivity index (χ1n) is 5.29. The molecule has 15 heavy (non-hydrogen) atoms. The predicted octanol–water partition coefficient (Wildman–Crippen LogP) is 0.647. The van der Waals surface area contributed by atoms with Gasteiger partial charge in [0.15, 0.2) is 0 Å². The van der Waals surface area contributed by atoms with Crippen LogP contribution in [0.3, 0.4) is 0 Å². The third kappa shape index (κ3) is 7.11. The quantitative estimate of drug-likeness (QED) is 0.366. The van der Waals surface area contributed by atoms with E-state index in [-0.39, 0.29) is 5.97 Å². The Kier molecular flexibility index (Phi) is 7.95. The van der Waals surface area contributed by atoms with Gasteiger partial charge in [-0.1, -0.05) is 6.58 Å². The van der Waals surface area contributed by atoms with Crippen LogP contribution in [0.2, 0.25) is 0 Å². The second kappa shape index (κ2) is 8.44. The molecular formula is C11H22N2O2. The molecule has 0 aromatic heterocycles. The van der Waals surface area contributed by atoms with Crippen LogP contribution in [0.5, 0.6) is 0 Å². The van der Waals surface area contributed by atoms with Gasteiger partial charge in [-0.2, -0.15) is 0 Å². The van der Waals surface area contributed by atoms with Gasteiger partial charge in [-0.25, -0.2) is 4.79 Å². The van der Waals surface area contributed by atoms with Gasteiger partial charge < -0.3 is 15.0 Å². The lowest BCUT2D eigenvalue weighted by molar-refractivity contribution is -0.138. The number of carbonyl (C=O) groups excluding carboxylic acids is 1. The molecule has 0 spiro atoms. The van der Waals surface area contributed by atoms with Crippen molar-refractivity contribution in [1.29, 1.82) is 0 Å². The largest absolute Gasteiger partial charge is 0.463 e. The molecule has 88 valence electrons. The fraction of sp³-hybridized carbons (Fsp3) is 0.727. The van der Waals surface area contributed by atoms with E-state index in [0.717, 1.165) is 19.5 Å². The molecule has 0 heterocycles. The van der Waals surface area contributed by atoms with Gasteiger partial charge in [0.1, 0.15) is 0 Å². The maximum Gasteiger partial charge on any atom is 0.334 e.